The van der Waals surface area contributed by atoms with Gasteiger partial charge in [0.05, 0.1) is 5.60 Å². The second-order valence-corrected chi connectivity index (χ2v) is 5.32. The molecule has 2 heteroatoms. The van der Waals surface area contributed by atoms with Crippen LogP contribution in [0.15, 0.2) is 18.2 Å². The summed E-state index contributed by atoms with van der Waals surface area (Å²) in [6.45, 7) is 0. The summed E-state index contributed by atoms with van der Waals surface area (Å²) in [5.74, 6) is 0.652. The van der Waals surface area contributed by atoms with Crippen LogP contribution in [0, 0.1) is 11.7 Å². The van der Waals surface area contributed by atoms with E-state index in [4.69, 9.17) is 0 Å². The van der Waals surface area contributed by atoms with Crippen LogP contribution in [-0.4, -0.2) is 5.11 Å². The minimum atomic E-state index is -0.675. The van der Waals surface area contributed by atoms with Crippen LogP contribution in [0.25, 0.3) is 0 Å². The molecule has 2 aliphatic carbocycles. The molecule has 1 fully saturated rings. The fraction of sp³-hybridized carbons (Fsp3) is 0.571. The van der Waals surface area contributed by atoms with Crippen molar-refractivity contribution in [3.63, 3.8) is 0 Å². The summed E-state index contributed by atoms with van der Waals surface area (Å²) in [4.78, 5) is 0. The minimum absolute atomic E-state index is 0.190. The molecule has 1 aromatic carbocycles. The molecule has 0 spiro atoms. The van der Waals surface area contributed by atoms with Gasteiger partial charge in [-0.1, -0.05) is 18.9 Å². The molecule has 0 bridgehead atoms. The smallest absolute Gasteiger partial charge is 0.123 e. The van der Waals surface area contributed by atoms with Crippen molar-refractivity contribution >= 4 is 0 Å². The third-order valence-electron chi connectivity index (χ3n) is 4.04. The molecular formula is C14H17FO. The monoisotopic (exact) mass is 220 g/mol. The number of hydrogen-bond acceptors (Lipinski definition) is 1. The third-order valence-corrected chi connectivity index (χ3v) is 4.04. The molecule has 0 aromatic heterocycles. The summed E-state index contributed by atoms with van der Waals surface area (Å²) in [5, 5.41) is 10.6. The highest BCUT2D eigenvalue weighted by Gasteiger charge is 2.37. The number of rotatable bonds is 3. The van der Waals surface area contributed by atoms with Crippen LogP contribution >= 0.6 is 0 Å². The van der Waals surface area contributed by atoms with Crippen LogP contribution in [0.3, 0.4) is 0 Å². The third kappa shape index (κ3) is 1.75. The van der Waals surface area contributed by atoms with Gasteiger partial charge in [-0.25, -0.2) is 4.39 Å². The van der Waals surface area contributed by atoms with E-state index in [1.807, 2.05) is 0 Å². The van der Waals surface area contributed by atoms with Crippen LogP contribution < -0.4 is 0 Å². The minimum Gasteiger partial charge on any atom is -0.385 e. The van der Waals surface area contributed by atoms with E-state index in [0.717, 1.165) is 42.7 Å². The Morgan fingerprint density at radius 3 is 2.94 bits per heavy atom. The normalized spacial score (nSPS) is 28.1. The molecule has 1 atom stereocenters. The van der Waals surface area contributed by atoms with Crippen LogP contribution in [0.5, 0.6) is 0 Å². The molecule has 1 N–H and O–H groups in total. The summed E-state index contributed by atoms with van der Waals surface area (Å²) >= 11 is 0. The van der Waals surface area contributed by atoms with Crippen LogP contribution in [0.4, 0.5) is 4.39 Å². The summed E-state index contributed by atoms with van der Waals surface area (Å²) in [5.41, 5.74) is 1.29. The molecule has 1 unspecified atom stereocenters. The van der Waals surface area contributed by atoms with E-state index in [9.17, 15) is 9.50 Å². The zero-order valence-electron chi connectivity index (χ0n) is 9.38. The highest BCUT2D eigenvalue weighted by atomic mass is 19.1. The Balaban J connectivity index is 1.82. The molecular weight excluding hydrogens is 203 g/mol. The number of halogens is 1. The highest BCUT2D eigenvalue weighted by Crippen LogP contribution is 2.44. The Hall–Kier alpha value is -0.890. The quantitative estimate of drug-likeness (QED) is 0.829. The first-order valence-electron chi connectivity index (χ1n) is 6.19. The predicted molar refractivity (Wildman–Crippen MR) is 60.6 cm³/mol. The number of aryl methyl sites for hydroxylation is 1. The lowest BCUT2D eigenvalue weighted by Crippen LogP contribution is -2.22. The topological polar surface area (TPSA) is 20.2 Å². The Kier molecular flexibility index (Phi) is 2.28. The first-order chi connectivity index (χ1) is 7.67. The van der Waals surface area contributed by atoms with Gasteiger partial charge in [0.1, 0.15) is 5.82 Å². The fourth-order valence-electron chi connectivity index (χ4n) is 2.81. The summed E-state index contributed by atoms with van der Waals surface area (Å²) in [6, 6.07) is 4.81. The standard InChI is InChI=1S/C14H17FO/c15-12-3-4-13-11(9-12)6-8-14(13,16)7-5-10-1-2-10/h3-4,9-10,16H,1-2,5-8H2. The van der Waals surface area contributed by atoms with Gasteiger partial charge in [-0.15, -0.1) is 0 Å². The van der Waals surface area contributed by atoms with Crippen LogP contribution in [-0.2, 0) is 12.0 Å². The van der Waals surface area contributed by atoms with E-state index in [1.54, 1.807) is 12.1 Å². The molecule has 1 saturated carbocycles. The Morgan fingerprint density at radius 1 is 1.38 bits per heavy atom. The summed E-state index contributed by atoms with van der Waals surface area (Å²) in [7, 11) is 0. The highest BCUT2D eigenvalue weighted by molar-refractivity contribution is 5.37. The molecule has 0 heterocycles. The lowest BCUT2D eigenvalue weighted by Gasteiger charge is -2.24. The summed E-state index contributed by atoms with van der Waals surface area (Å²) in [6.07, 6.45) is 6.19. The maximum Gasteiger partial charge on any atom is 0.123 e. The Morgan fingerprint density at radius 2 is 2.19 bits per heavy atom. The molecule has 3 rings (SSSR count). The first-order valence-corrected chi connectivity index (χ1v) is 6.19. The van der Waals surface area contributed by atoms with Crippen molar-refractivity contribution in [1.29, 1.82) is 0 Å². The van der Waals surface area contributed by atoms with Gasteiger partial charge >= 0.3 is 0 Å². The number of hydrogen-bond donors (Lipinski definition) is 1. The van der Waals surface area contributed by atoms with Gasteiger partial charge in [0.25, 0.3) is 0 Å². The van der Waals surface area contributed by atoms with E-state index < -0.39 is 5.60 Å². The van der Waals surface area contributed by atoms with Gasteiger partial charge in [0, 0.05) is 0 Å². The zero-order valence-corrected chi connectivity index (χ0v) is 9.38. The lowest BCUT2D eigenvalue weighted by molar-refractivity contribution is 0.0259. The van der Waals surface area contributed by atoms with Gasteiger partial charge in [-0.2, -0.15) is 0 Å². The lowest BCUT2D eigenvalue weighted by atomic mass is 9.90. The van der Waals surface area contributed by atoms with E-state index in [-0.39, 0.29) is 5.82 Å². The predicted octanol–water partition coefficient (Wildman–Crippen LogP) is 3.15. The molecule has 16 heavy (non-hydrogen) atoms. The van der Waals surface area contributed by atoms with Crippen molar-refractivity contribution in [3.05, 3.63) is 35.1 Å². The van der Waals surface area contributed by atoms with Crippen molar-refractivity contribution in [3.8, 4) is 0 Å². The SMILES string of the molecule is OC1(CCC2CC2)CCc2cc(F)ccc21. The molecule has 1 nitrogen and oxygen atoms in total. The second-order valence-electron chi connectivity index (χ2n) is 5.32. The maximum absolute atomic E-state index is 13.1. The molecule has 1 aromatic rings. The second kappa shape index (κ2) is 3.56. The molecule has 86 valence electrons. The summed E-state index contributed by atoms with van der Waals surface area (Å²) < 4.78 is 13.1. The average Bonchev–Trinajstić information content (AvgIpc) is 3.03. The van der Waals surface area contributed by atoms with Crippen molar-refractivity contribution in [2.45, 2.75) is 44.1 Å². The van der Waals surface area contributed by atoms with Crippen molar-refractivity contribution in [2.24, 2.45) is 5.92 Å². The molecule has 0 aliphatic heterocycles. The first kappa shape index (κ1) is 10.3. The largest absolute Gasteiger partial charge is 0.385 e. The Labute approximate surface area is 95.3 Å². The zero-order chi connectivity index (χ0) is 11.2. The molecule has 0 radical (unpaired) electrons. The van der Waals surface area contributed by atoms with Crippen molar-refractivity contribution in [2.75, 3.05) is 0 Å². The van der Waals surface area contributed by atoms with Gasteiger partial charge in [-0.3, -0.25) is 0 Å². The van der Waals surface area contributed by atoms with Gasteiger partial charge in [0.15, 0.2) is 0 Å². The Bertz CT molecular complexity index is 411. The van der Waals surface area contributed by atoms with Crippen molar-refractivity contribution in [1.82, 2.24) is 0 Å². The van der Waals surface area contributed by atoms with E-state index in [0.29, 0.717) is 0 Å². The van der Waals surface area contributed by atoms with E-state index in [1.165, 1.54) is 18.9 Å². The van der Waals surface area contributed by atoms with Gasteiger partial charge in [-0.05, 0) is 54.9 Å². The van der Waals surface area contributed by atoms with Gasteiger partial charge in [0.2, 0.25) is 0 Å². The van der Waals surface area contributed by atoms with E-state index in [2.05, 4.69) is 0 Å². The van der Waals surface area contributed by atoms with Crippen LogP contribution in [0.1, 0.15) is 43.2 Å². The van der Waals surface area contributed by atoms with Crippen LogP contribution in [0.2, 0.25) is 0 Å². The average molecular weight is 220 g/mol. The number of benzene rings is 1. The molecule has 2 aliphatic rings. The molecule has 0 saturated heterocycles. The number of fused-ring (bicyclic) bond motifs is 1. The maximum atomic E-state index is 13.1. The van der Waals surface area contributed by atoms with Crippen molar-refractivity contribution < 1.29 is 9.50 Å². The fourth-order valence-corrected chi connectivity index (χ4v) is 2.81. The number of aliphatic hydroxyl groups is 1. The van der Waals surface area contributed by atoms with E-state index >= 15 is 0 Å². The molecule has 0 amide bonds. The van der Waals surface area contributed by atoms with Gasteiger partial charge < -0.3 is 5.11 Å².